The van der Waals surface area contributed by atoms with Crippen LogP contribution in [-0.2, 0) is 27.9 Å². The van der Waals surface area contributed by atoms with Gasteiger partial charge in [0, 0.05) is 21.2 Å². The van der Waals surface area contributed by atoms with Crippen LogP contribution in [0.1, 0.15) is 23.3 Å². The maximum atomic E-state index is 12.6. The molecule has 2 unspecified atom stereocenters. The molecule has 0 aliphatic carbocycles. The molecule has 1 aromatic carbocycles. The third kappa shape index (κ3) is 4.47. The summed E-state index contributed by atoms with van der Waals surface area (Å²) in [5.41, 5.74) is 1.49. The Bertz CT molecular complexity index is 889. The lowest BCUT2D eigenvalue weighted by Gasteiger charge is -2.11. The van der Waals surface area contributed by atoms with Crippen LogP contribution >= 0.6 is 11.3 Å². The van der Waals surface area contributed by atoms with Gasteiger partial charge in [0.05, 0.1) is 18.0 Å². The number of rotatable bonds is 7. The van der Waals surface area contributed by atoms with E-state index in [1.165, 1.54) is 0 Å². The summed E-state index contributed by atoms with van der Waals surface area (Å²) in [6.45, 7) is 3.93. The van der Waals surface area contributed by atoms with Crippen LogP contribution in [0.2, 0.25) is 0 Å². The number of hydrogen-bond donors (Lipinski definition) is 1. The van der Waals surface area contributed by atoms with Crippen molar-refractivity contribution < 1.29 is 13.4 Å². The zero-order valence-corrected chi connectivity index (χ0v) is 16.2. The number of aromatic nitrogens is 1. The lowest BCUT2D eigenvalue weighted by Crippen LogP contribution is -2.35. The molecule has 3 rings (SSSR count). The van der Waals surface area contributed by atoms with Gasteiger partial charge in [-0.1, -0.05) is 24.3 Å². The van der Waals surface area contributed by atoms with Gasteiger partial charge in [0.15, 0.2) is 0 Å². The van der Waals surface area contributed by atoms with Gasteiger partial charge < -0.3 is 9.73 Å². The molecule has 136 valence electrons. The van der Waals surface area contributed by atoms with Crippen molar-refractivity contribution in [2.45, 2.75) is 31.4 Å². The lowest BCUT2D eigenvalue weighted by molar-refractivity contribution is -0.120. The van der Waals surface area contributed by atoms with Crippen LogP contribution in [0, 0.1) is 6.92 Å². The molecule has 2 aromatic heterocycles. The van der Waals surface area contributed by atoms with E-state index in [2.05, 4.69) is 10.3 Å². The Morgan fingerprint density at radius 1 is 1.27 bits per heavy atom. The molecule has 2 atom stereocenters. The van der Waals surface area contributed by atoms with E-state index in [0.717, 1.165) is 10.4 Å². The third-order valence-corrected chi connectivity index (χ3v) is 6.41. The standard InChI is InChI=1S/C19H20N2O3S2/c1-13-17(21-19(24-13)15-7-4-3-5-8-15)12-26(23)14(2)18(22)20-11-16-9-6-10-25-16/h3-10,14H,11-12H2,1-2H3,(H,20,22). The number of amides is 1. The minimum absolute atomic E-state index is 0.190. The molecule has 0 bridgehead atoms. The van der Waals surface area contributed by atoms with Gasteiger partial charge in [0.25, 0.3) is 0 Å². The zero-order chi connectivity index (χ0) is 18.5. The van der Waals surface area contributed by atoms with Crippen LogP contribution < -0.4 is 5.32 Å². The fourth-order valence-electron chi connectivity index (χ4n) is 2.38. The number of carbonyl (C=O) groups is 1. The van der Waals surface area contributed by atoms with Crippen molar-refractivity contribution in [3.05, 3.63) is 64.2 Å². The Hall–Kier alpha value is -2.25. The van der Waals surface area contributed by atoms with Crippen LogP contribution in [0.25, 0.3) is 11.5 Å². The first-order valence-electron chi connectivity index (χ1n) is 8.23. The monoisotopic (exact) mass is 388 g/mol. The van der Waals surface area contributed by atoms with Crippen LogP contribution in [-0.4, -0.2) is 20.3 Å². The van der Waals surface area contributed by atoms with E-state index in [0.29, 0.717) is 23.9 Å². The normalized spacial score (nSPS) is 13.3. The summed E-state index contributed by atoms with van der Waals surface area (Å²) in [6.07, 6.45) is 0. The summed E-state index contributed by atoms with van der Waals surface area (Å²) in [4.78, 5) is 17.8. The van der Waals surface area contributed by atoms with E-state index in [4.69, 9.17) is 4.42 Å². The Morgan fingerprint density at radius 2 is 2.04 bits per heavy atom. The van der Waals surface area contributed by atoms with Gasteiger partial charge in [0.1, 0.15) is 11.0 Å². The number of oxazole rings is 1. The van der Waals surface area contributed by atoms with Gasteiger partial charge >= 0.3 is 0 Å². The number of nitrogens with zero attached hydrogens (tertiary/aromatic N) is 1. The first-order chi connectivity index (χ1) is 12.5. The molecule has 0 saturated heterocycles. The van der Waals surface area contributed by atoms with E-state index in [9.17, 15) is 9.00 Å². The predicted molar refractivity (Wildman–Crippen MR) is 104 cm³/mol. The van der Waals surface area contributed by atoms with Crippen molar-refractivity contribution >= 4 is 28.0 Å². The van der Waals surface area contributed by atoms with Gasteiger partial charge in [0.2, 0.25) is 11.8 Å². The molecule has 2 heterocycles. The van der Waals surface area contributed by atoms with Crippen molar-refractivity contribution in [3.63, 3.8) is 0 Å². The Kier molecular flexibility index (Phi) is 6.00. The van der Waals surface area contributed by atoms with Gasteiger partial charge in [-0.3, -0.25) is 9.00 Å². The highest BCUT2D eigenvalue weighted by Gasteiger charge is 2.22. The van der Waals surface area contributed by atoms with Crippen LogP contribution in [0.4, 0.5) is 0 Å². The van der Waals surface area contributed by atoms with E-state index in [1.807, 2.05) is 47.8 Å². The number of benzene rings is 1. The van der Waals surface area contributed by atoms with Crippen molar-refractivity contribution in [2.75, 3.05) is 0 Å². The number of hydrogen-bond acceptors (Lipinski definition) is 5. The number of nitrogens with one attached hydrogen (secondary N) is 1. The van der Waals surface area contributed by atoms with Crippen LogP contribution in [0.3, 0.4) is 0 Å². The Balaban J connectivity index is 1.62. The lowest BCUT2D eigenvalue weighted by atomic mass is 10.2. The average molecular weight is 389 g/mol. The van der Waals surface area contributed by atoms with Gasteiger partial charge in [-0.05, 0) is 37.4 Å². The highest BCUT2D eigenvalue weighted by Crippen LogP contribution is 2.22. The van der Waals surface area contributed by atoms with Crippen LogP contribution in [0.5, 0.6) is 0 Å². The summed E-state index contributed by atoms with van der Waals surface area (Å²) in [7, 11) is -1.38. The fourth-order valence-corrected chi connectivity index (χ4v) is 4.13. The number of thiophene rings is 1. The van der Waals surface area contributed by atoms with Crippen molar-refractivity contribution in [3.8, 4) is 11.5 Å². The Labute approximate surface area is 158 Å². The van der Waals surface area contributed by atoms with Crippen molar-refractivity contribution in [1.82, 2.24) is 10.3 Å². The third-order valence-electron chi connectivity index (χ3n) is 3.97. The van der Waals surface area contributed by atoms with Crippen LogP contribution in [0.15, 0.2) is 52.3 Å². The van der Waals surface area contributed by atoms with E-state index in [-0.39, 0.29) is 11.7 Å². The second kappa shape index (κ2) is 8.42. The molecule has 26 heavy (non-hydrogen) atoms. The molecular weight excluding hydrogens is 368 g/mol. The molecule has 0 aliphatic rings. The highest BCUT2D eigenvalue weighted by atomic mass is 32.2. The fraction of sp³-hybridized carbons (Fsp3) is 0.263. The average Bonchev–Trinajstić information content (AvgIpc) is 3.30. The largest absolute Gasteiger partial charge is 0.441 e. The van der Waals surface area contributed by atoms with E-state index in [1.54, 1.807) is 25.2 Å². The van der Waals surface area contributed by atoms with E-state index < -0.39 is 16.0 Å². The number of aryl methyl sites for hydroxylation is 1. The molecule has 1 N–H and O–H groups in total. The zero-order valence-electron chi connectivity index (χ0n) is 14.6. The molecule has 0 fully saturated rings. The first kappa shape index (κ1) is 18.5. The second-order valence-corrected chi connectivity index (χ2v) is 8.64. The summed E-state index contributed by atoms with van der Waals surface area (Å²) < 4.78 is 18.3. The molecular formula is C19H20N2O3S2. The quantitative estimate of drug-likeness (QED) is 0.670. The maximum Gasteiger partial charge on any atom is 0.235 e. The number of carbonyl (C=O) groups excluding carboxylic acids is 1. The molecule has 5 nitrogen and oxygen atoms in total. The second-order valence-electron chi connectivity index (χ2n) is 5.85. The molecule has 7 heteroatoms. The van der Waals surface area contributed by atoms with Gasteiger partial charge in [-0.25, -0.2) is 4.98 Å². The van der Waals surface area contributed by atoms with Crippen molar-refractivity contribution in [2.24, 2.45) is 0 Å². The summed E-state index contributed by atoms with van der Waals surface area (Å²) in [5.74, 6) is 1.10. The topological polar surface area (TPSA) is 72.2 Å². The molecule has 0 radical (unpaired) electrons. The molecule has 3 aromatic rings. The molecule has 0 saturated carbocycles. The summed E-state index contributed by atoms with van der Waals surface area (Å²) >= 11 is 1.58. The minimum Gasteiger partial charge on any atom is -0.441 e. The first-order valence-corrected chi connectivity index (χ1v) is 10.5. The van der Waals surface area contributed by atoms with Gasteiger partial charge in [-0.15, -0.1) is 11.3 Å². The highest BCUT2D eigenvalue weighted by molar-refractivity contribution is 7.85. The molecule has 1 amide bonds. The van der Waals surface area contributed by atoms with Crippen molar-refractivity contribution in [1.29, 1.82) is 0 Å². The van der Waals surface area contributed by atoms with E-state index >= 15 is 0 Å². The summed E-state index contributed by atoms with van der Waals surface area (Å²) in [5, 5.41) is 4.17. The minimum atomic E-state index is -1.38. The smallest absolute Gasteiger partial charge is 0.235 e. The molecule has 0 spiro atoms. The summed E-state index contributed by atoms with van der Waals surface area (Å²) in [6, 6.07) is 13.5. The SMILES string of the molecule is Cc1oc(-c2ccccc2)nc1CS(=O)C(C)C(=O)NCc1cccs1. The predicted octanol–water partition coefficient (Wildman–Crippen LogP) is 3.67. The maximum absolute atomic E-state index is 12.6. The van der Waals surface area contributed by atoms with Gasteiger partial charge in [-0.2, -0.15) is 0 Å². The molecule has 0 aliphatic heterocycles. The Morgan fingerprint density at radius 3 is 2.73 bits per heavy atom.